The van der Waals surface area contributed by atoms with Gasteiger partial charge in [-0.2, -0.15) is 0 Å². The summed E-state index contributed by atoms with van der Waals surface area (Å²) in [4.78, 5) is 14.0. The van der Waals surface area contributed by atoms with E-state index in [4.69, 9.17) is 5.73 Å². The average molecular weight is 239 g/mol. The summed E-state index contributed by atoms with van der Waals surface area (Å²) in [5.74, 6) is 0.524. The standard InChI is InChI=1S/C13H25N3O/c1-10-7-11(14)9-16(8-10)13(17)15-12-5-3-2-4-6-12/h10-12H,2-9,14H2,1H3,(H,15,17). The number of hydrogen-bond donors (Lipinski definition) is 2. The van der Waals surface area contributed by atoms with Crippen molar-refractivity contribution in [2.45, 2.75) is 57.5 Å². The van der Waals surface area contributed by atoms with Gasteiger partial charge in [0, 0.05) is 25.2 Å². The van der Waals surface area contributed by atoms with Gasteiger partial charge in [-0.15, -0.1) is 0 Å². The third-order valence-corrected chi connectivity index (χ3v) is 3.91. The molecule has 2 aliphatic rings. The number of likely N-dealkylation sites (tertiary alicyclic amines) is 1. The van der Waals surface area contributed by atoms with Crippen molar-refractivity contribution in [3.8, 4) is 0 Å². The Labute approximate surface area is 104 Å². The summed E-state index contributed by atoms with van der Waals surface area (Å²) in [6.07, 6.45) is 7.13. The number of carbonyl (C=O) groups is 1. The van der Waals surface area contributed by atoms with Gasteiger partial charge in [0.15, 0.2) is 0 Å². The van der Waals surface area contributed by atoms with E-state index < -0.39 is 0 Å². The third kappa shape index (κ3) is 3.60. The van der Waals surface area contributed by atoms with E-state index >= 15 is 0 Å². The molecule has 0 bridgehead atoms. The molecule has 2 atom stereocenters. The van der Waals surface area contributed by atoms with Crippen LogP contribution in [0.1, 0.15) is 45.4 Å². The third-order valence-electron chi connectivity index (χ3n) is 3.91. The zero-order valence-corrected chi connectivity index (χ0v) is 10.8. The Morgan fingerprint density at radius 3 is 2.59 bits per heavy atom. The molecular weight excluding hydrogens is 214 g/mol. The lowest BCUT2D eigenvalue weighted by Gasteiger charge is -2.36. The molecule has 4 nitrogen and oxygen atoms in total. The molecule has 17 heavy (non-hydrogen) atoms. The molecule has 2 rings (SSSR count). The second-order valence-electron chi connectivity index (χ2n) is 5.79. The maximum absolute atomic E-state index is 12.1. The molecule has 4 heteroatoms. The second-order valence-corrected chi connectivity index (χ2v) is 5.79. The summed E-state index contributed by atoms with van der Waals surface area (Å²) in [6, 6.07) is 0.638. The lowest BCUT2D eigenvalue weighted by Crippen LogP contribution is -2.53. The molecule has 2 amide bonds. The van der Waals surface area contributed by atoms with Gasteiger partial charge in [0.1, 0.15) is 0 Å². The van der Waals surface area contributed by atoms with Crippen LogP contribution in [0.4, 0.5) is 4.79 Å². The number of hydrogen-bond acceptors (Lipinski definition) is 2. The van der Waals surface area contributed by atoms with Gasteiger partial charge in [-0.3, -0.25) is 0 Å². The Kier molecular flexibility index (Phi) is 4.26. The van der Waals surface area contributed by atoms with Gasteiger partial charge >= 0.3 is 6.03 Å². The highest BCUT2D eigenvalue weighted by Crippen LogP contribution is 2.19. The Bertz CT molecular complexity index is 253. The zero-order chi connectivity index (χ0) is 12.3. The average Bonchev–Trinajstić information content (AvgIpc) is 2.29. The fourth-order valence-corrected chi connectivity index (χ4v) is 3.08. The predicted molar refractivity (Wildman–Crippen MR) is 68.7 cm³/mol. The van der Waals surface area contributed by atoms with Crippen LogP contribution in [0.2, 0.25) is 0 Å². The van der Waals surface area contributed by atoms with Crippen molar-refractivity contribution in [1.29, 1.82) is 0 Å². The first-order chi connectivity index (χ1) is 8.15. The molecule has 1 saturated heterocycles. The summed E-state index contributed by atoms with van der Waals surface area (Å²) in [5, 5.41) is 3.16. The molecule has 0 radical (unpaired) electrons. The highest BCUT2D eigenvalue weighted by Gasteiger charge is 2.27. The van der Waals surface area contributed by atoms with Crippen molar-refractivity contribution >= 4 is 6.03 Å². The van der Waals surface area contributed by atoms with Gasteiger partial charge in [0.25, 0.3) is 0 Å². The number of urea groups is 1. The minimum Gasteiger partial charge on any atom is -0.335 e. The Hall–Kier alpha value is -0.770. The molecule has 0 spiro atoms. The van der Waals surface area contributed by atoms with Crippen LogP contribution in [0.25, 0.3) is 0 Å². The number of carbonyl (C=O) groups excluding carboxylic acids is 1. The van der Waals surface area contributed by atoms with Crippen LogP contribution in [0.3, 0.4) is 0 Å². The number of nitrogens with two attached hydrogens (primary N) is 1. The Morgan fingerprint density at radius 1 is 1.24 bits per heavy atom. The molecule has 1 aliphatic heterocycles. The number of nitrogens with one attached hydrogen (secondary N) is 1. The smallest absolute Gasteiger partial charge is 0.317 e. The quantitative estimate of drug-likeness (QED) is 0.731. The van der Waals surface area contributed by atoms with E-state index in [-0.39, 0.29) is 12.1 Å². The summed E-state index contributed by atoms with van der Waals surface area (Å²) in [6.45, 7) is 3.73. The molecule has 0 aromatic carbocycles. The largest absolute Gasteiger partial charge is 0.335 e. The lowest BCUT2D eigenvalue weighted by molar-refractivity contribution is 0.155. The molecule has 1 heterocycles. The van der Waals surface area contributed by atoms with Crippen molar-refractivity contribution in [3.63, 3.8) is 0 Å². The van der Waals surface area contributed by atoms with E-state index in [1.807, 2.05) is 4.90 Å². The van der Waals surface area contributed by atoms with E-state index in [2.05, 4.69) is 12.2 Å². The van der Waals surface area contributed by atoms with Gasteiger partial charge < -0.3 is 16.0 Å². The summed E-state index contributed by atoms with van der Waals surface area (Å²) < 4.78 is 0. The number of piperidine rings is 1. The second kappa shape index (κ2) is 5.71. The van der Waals surface area contributed by atoms with E-state index in [9.17, 15) is 4.79 Å². The van der Waals surface area contributed by atoms with Gasteiger partial charge in [0.05, 0.1) is 0 Å². The fourth-order valence-electron chi connectivity index (χ4n) is 3.08. The van der Waals surface area contributed by atoms with Crippen LogP contribution < -0.4 is 11.1 Å². The lowest BCUT2D eigenvalue weighted by atomic mass is 9.95. The van der Waals surface area contributed by atoms with Crippen LogP contribution >= 0.6 is 0 Å². The highest BCUT2D eigenvalue weighted by molar-refractivity contribution is 5.74. The van der Waals surface area contributed by atoms with Crippen LogP contribution in [0, 0.1) is 5.92 Å². The first kappa shape index (κ1) is 12.7. The molecular formula is C13H25N3O. The molecule has 98 valence electrons. The van der Waals surface area contributed by atoms with Gasteiger partial charge in [-0.25, -0.2) is 4.79 Å². The topological polar surface area (TPSA) is 58.4 Å². The van der Waals surface area contributed by atoms with Crippen molar-refractivity contribution < 1.29 is 4.79 Å². The normalized spacial score (nSPS) is 31.3. The van der Waals surface area contributed by atoms with Crippen molar-refractivity contribution in [3.05, 3.63) is 0 Å². The maximum atomic E-state index is 12.1. The van der Waals surface area contributed by atoms with E-state index in [1.165, 1.54) is 19.3 Å². The van der Waals surface area contributed by atoms with Crippen molar-refractivity contribution in [2.24, 2.45) is 11.7 Å². The van der Waals surface area contributed by atoms with Crippen LogP contribution in [-0.2, 0) is 0 Å². The first-order valence-corrected chi connectivity index (χ1v) is 6.96. The van der Waals surface area contributed by atoms with E-state index in [0.717, 1.165) is 25.8 Å². The molecule has 2 fully saturated rings. The summed E-state index contributed by atoms with van der Waals surface area (Å²) >= 11 is 0. The maximum Gasteiger partial charge on any atom is 0.317 e. The molecule has 2 unspecified atom stereocenters. The molecule has 0 aromatic heterocycles. The minimum absolute atomic E-state index is 0.0962. The first-order valence-electron chi connectivity index (χ1n) is 6.96. The van der Waals surface area contributed by atoms with E-state index in [0.29, 0.717) is 18.5 Å². The van der Waals surface area contributed by atoms with Gasteiger partial charge in [-0.1, -0.05) is 26.2 Å². The predicted octanol–water partition coefficient (Wildman–Crippen LogP) is 1.70. The monoisotopic (exact) mass is 239 g/mol. The van der Waals surface area contributed by atoms with Gasteiger partial charge in [-0.05, 0) is 25.2 Å². The number of rotatable bonds is 1. The molecule has 1 aliphatic carbocycles. The van der Waals surface area contributed by atoms with E-state index in [1.54, 1.807) is 0 Å². The Morgan fingerprint density at radius 2 is 1.94 bits per heavy atom. The fraction of sp³-hybridized carbons (Fsp3) is 0.923. The highest BCUT2D eigenvalue weighted by atomic mass is 16.2. The molecule has 3 N–H and O–H groups in total. The van der Waals surface area contributed by atoms with Crippen molar-refractivity contribution in [2.75, 3.05) is 13.1 Å². The van der Waals surface area contributed by atoms with Crippen LogP contribution in [0.5, 0.6) is 0 Å². The number of amides is 2. The molecule has 0 aromatic rings. The molecule has 1 saturated carbocycles. The van der Waals surface area contributed by atoms with Crippen molar-refractivity contribution in [1.82, 2.24) is 10.2 Å². The zero-order valence-electron chi connectivity index (χ0n) is 10.8. The van der Waals surface area contributed by atoms with Gasteiger partial charge in [0.2, 0.25) is 0 Å². The number of nitrogens with zero attached hydrogens (tertiary/aromatic N) is 1. The van der Waals surface area contributed by atoms with Crippen LogP contribution in [0.15, 0.2) is 0 Å². The minimum atomic E-state index is 0.0962. The Balaban J connectivity index is 1.81. The SMILES string of the molecule is CC1CC(N)CN(C(=O)NC2CCCCC2)C1. The summed E-state index contributed by atoms with van der Waals surface area (Å²) in [7, 11) is 0. The van der Waals surface area contributed by atoms with Crippen LogP contribution in [-0.4, -0.2) is 36.1 Å². The summed E-state index contributed by atoms with van der Waals surface area (Å²) in [5.41, 5.74) is 5.96.